The summed E-state index contributed by atoms with van der Waals surface area (Å²) in [6.07, 6.45) is 6.18. The molecule has 1 fully saturated rings. The highest BCUT2D eigenvalue weighted by Crippen LogP contribution is 2.23. The maximum atomic E-state index is 12.7. The largest absolute Gasteiger partial charge is 0.357 e. The van der Waals surface area contributed by atoms with Gasteiger partial charge in [0.15, 0.2) is 5.96 Å². The van der Waals surface area contributed by atoms with Crippen LogP contribution in [-0.2, 0) is 10.0 Å². The van der Waals surface area contributed by atoms with Crippen molar-refractivity contribution in [1.82, 2.24) is 14.9 Å². The van der Waals surface area contributed by atoms with Gasteiger partial charge in [0, 0.05) is 32.7 Å². The second kappa shape index (κ2) is 12.3. The molecule has 0 unspecified atom stereocenters. The van der Waals surface area contributed by atoms with Crippen LogP contribution in [0.25, 0.3) is 0 Å². The van der Waals surface area contributed by atoms with Gasteiger partial charge in [0.1, 0.15) is 0 Å². The molecule has 1 saturated heterocycles. The zero-order valence-electron chi connectivity index (χ0n) is 17.1. The minimum atomic E-state index is -3.37. The number of guanidine groups is 1. The van der Waals surface area contributed by atoms with Crippen LogP contribution in [0.1, 0.15) is 32.6 Å². The summed E-state index contributed by atoms with van der Waals surface area (Å²) in [5.74, 6) is 2.49. The summed E-state index contributed by atoms with van der Waals surface area (Å²) in [6.45, 7) is 5.70. The summed E-state index contributed by atoms with van der Waals surface area (Å²) in [4.78, 5) is 5.10. The lowest BCUT2D eigenvalue weighted by molar-refractivity contribution is 0.278. The van der Waals surface area contributed by atoms with Gasteiger partial charge in [-0.25, -0.2) is 8.42 Å². The van der Waals surface area contributed by atoms with E-state index in [0.29, 0.717) is 23.9 Å². The zero-order chi connectivity index (χ0) is 20.2. The number of hydrogen-bond donors (Lipinski definition) is 2. The molecule has 0 aliphatic carbocycles. The van der Waals surface area contributed by atoms with Gasteiger partial charge in [-0.15, -0.1) is 0 Å². The average Bonchev–Trinajstić information content (AvgIpc) is 2.72. The third kappa shape index (κ3) is 7.29. The summed E-state index contributed by atoms with van der Waals surface area (Å²) in [7, 11) is -3.37. The monoisotopic (exact) mass is 426 g/mol. The molecule has 1 aliphatic heterocycles. The lowest BCUT2D eigenvalue weighted by Crippen LogP contribution is -2.40. The van der Waals surface area contributed by atoms with Gasteiger partial charge in [0.05, 0.1) is 4.90 Å². The standard InChI is InChI=1S/C20H34N4O2S2/c1-3-21-20(22-13-7-8-16-27-2)23-17-18-11-14-24(15-12-18)28(25,26)19-9-5-4-6-10-19/h4-6,9-10,18H,3,7-8,11-17H2,1-2H3,(H2,21,22,23). The number of thioether (sulfide) groups is 1. The van der Waals surface area contributed by atoms with Crippen molar-refractivity contribution in [3.8, 4) is 0 Å². The molecule has 0 amide bonds. The van der Waals surface area contributed by atoms with E-state index in [1.54, 1.807) is 28.6 Å². The molecule has 0 bridgehead atoms. The van der Waals surface area contributed by atoms with Crippen LogP contribution in [-0.4, -0.2) is 63.4 Å². The third-order valence-corrected chi connectivity index (χ3v) is 7.48. The van der Waals surface area contributed by atoms with Gasteiger partial charge in [-0.2, -0.15) is 16.1 Å². The van der Waals surface area contributed by atoms with E-state index in [-0.39, 0.29) is 0 Å². The van der Waals surface area contributed by atoms with Gasteiger partial charge in [-0.05, 0) is 62.7 Å². The minimum absolute atomic E-state index is 0.381. The second-order valence-electron chi connectivity index (χ2n) is 7.01. The average molecular weight is 427 g/mol. The first-order valence-corrected chi connectivity index (χ1v) is 13.0. The van der Waals surface area contributed by atoms with Crippen LogP contribution in [0.4, 0.5) is 0 Å². The number of nitrogens with zero attached hydrogens (tertiary/aromatic N) is 2. The Labute approximate surface area is 174 Å². The van der Waals surface area contributed by atoms with Crippen LogP contribution in [0.3, 0.4) is 0 Å². The maximum absolute atomic E-state index is 12.7. The Bertz CT molecular complexity index is 687. The smallest absolute Gasteiger partial charge is 0.243 e. The van der Waals surface area contributed by atoms with E-state index in [4.69, 9.17) is 4.99 Å². The molecule has 0 atom stereocenters. The van der Waals surface area contributed by atoms with Gasteiger partial charge in [-0.1, -0.05) is 18.2 Å². The van der Waals surface area contributed by atoms with Gasteiger partial charge in [-0.3, -0.25) is 4.99 Å². The predicted octanol–water partition coefficient (Wildman–Crippen LogP) is 2.79. The zero-order valence-corrected chi connectivity index (χ0v) is 18.7. The van der Waals surface area contributed by atoms with E-state index in [1.165, 1.54) is 12.2 Å². The van der Waals surface area contributed by atoms with Gasteiger partial charge in [0.25, 0.3) is 0 Å². The lowest BCUT2D eigenvalue weighted by Gasteiger charge is -2.30. The van der Waals surface area contributed by atoms with Gasteiger partial charge in [0.2, 0.25) is 10.0 Å². The SMILES string of the molecule is CCNC(=NCC1CCN(S(=O)(=O)c2ccccc2)CC1)NCCCCSC. The molecule has 8 heteroatoms. The summed E-state index contributed by atoms with van der Waals surface area (Å²) < 4.78 is 27.0. The normalized spacial score (nSPS) is 16.9. The van der Waals surface area contributed by atoms with Crippen molar-refractivity contribution in [1.29, 1.82) is 0 Å². The van der Waals surface area contributed by atoms with Crippen molar-refractivity contribution < 1.29 is 8.42 Å². The van der Waals surface area contributed by atoms with E-state index in [1.807, 2.05) is 17.8 Å². The highest BCUT2D eigenvalue weighted by Gasteiger charge is 2.29. The fourth-order valence-electron chi connectivity index (χ4n) is 3.21. The molecule has 2 N–H and O–H groups in total. The van der Waals surface area contributed by atoms with Crippen LogP contribution in [0.2, 0.25) is 0 Å². The Kier molecular flexibility index (Phi) is 10.2. The summed E-state index contributed by atoms with van der Waals surface area (Å²) in [5, 5.41) is 6.69. The summed E-state index contributed by atoms with van der Waals surface area (Å²) in [6, 6.07) is 8.70. The lowest BCUT2D eigenvalue weighted by atomic mass is 9.98. The summed E-state index contributed by atoms with van der Waals surface area (Å²) in [5.41, 5.74) is 0. The number of sulfonamides is 1. The Hall–Kier alpha value is -1.25. The van der Waals surface area contributed by atoms with Gasteiger partial charge < -0.3 is 10.6 Å². The molecule has 0 saturated carbocycles. The van der Waals surface area contributed by atoms with Crippen molar-refractivity contribution in [2.24, 2.45) is 10.9 Å². The highest BCUT2D eigenvalue weighted by molar-refractivity contribution is 7.98. The molecule has 1 aliphatic rings. The van der Waals surface area contributed by atoms with E-state index in [0.717, 1.165) is 44.9 Å². The first-order chi connectivity index (χ1) is 13.6. The number of aliphatic imine (C=N–C) groups is 1. The predicted molar refractivity (Wildman–Crippen MR) is 120 cm³/mol. The van der Waals surface area contributed by atoms with Crippen molar-refractivity contribution in [2.75, 3.05) is 44.7 Å². The quantitative estimate of drug-likeness (QED) is 0.342. The highest BCUT2D eigenvalue weighted by atomic mass is 32.2. The Morgan fingerprint density at radius 3 is 2.54 bits per heavy atom. The topological polar surface area (TPSA) is 73.8 Å². The summed E-state index contributed by atoms with van der Waals surface area (Å²) >= 11 is 1.88. The first kappa shape index (κ1) is 23.0. The van der Waals surface area contributed by atoms with Crippen LogP contribution in [0.15, 0.2) is 40.2 Å². The molecule has 28 heavy (non-hydrogen) atoms. The van der Waals surface area contributed by atoms with Crippen molar-refractivity contribution in [2.45, 2.75) is 37.5 Å². The first-order valence-electron chi connectivity index (χ1n) is 10.1. The van der Waals surface area contributed by atoms with Gasteiger partial charge >= 0.3 is 0 Å². The number of rotatable bonds is 10. The minimum Gasteiger partial charge on any atom is -0.357 e. The molecule has 158 valence electrons. The molecular formula is C20H34N4O2S2. The number of piperidine rings is 1. The molecule has 2 rings (SSSR count). The fraction of sp³-hybridized carbons (Fsp3) is 0.650. The van der Waals surface area contributed by atoms with Crippen molar-refractivity contribution in [3.63, 3.8) is 0 Å². The van der Waals surface area contributed by atoms with Crippen LogP contribution < -0.4 is 10.6 Å². The molecule has 1 heterocycles. The van der Waals surface area contributed by atoms with E-state index in [9.17, 15) is 8.42 Å². The molecule has 1 aromatic carbocycles. The Morgan fingerprint density at radius 1 is 1.18 bits per heavy atom. The number of unbranched alkanes of at least 4 members (excludes halogenated alkanes) is 1. The fourth-order valence-corrected chi connectivity index (χ4v) is 5.20. The number of hydrogen-bond acceptors (Lipinski definition) is 4. The molecule has 6 nitrogen and oxygen atoms in total. The van der Waals surface area contributed by atoms with Crippen LogP contribution in [0, 0.1) is 5.92 Å². The Morgan fingerprint density at radius 2 is 1.89 bits per heavy atom. The van der Waals surface area contributed by atoms with Crippen molar-refractivity contribution >= 4 is 27.7 Å². The van der Waals surface area contributed by atoms with Crippen LogP contribution >= 0.6 is 11.8 Å². The second-order valence-corrected chi connectivity index (χ2v) is 9.93. The molecule has 0 aromatic heterocycles. The van der Waals surface area contributed by atoms with Crippen molar-refractivity contribution in [3.05, 3.63) is 30.3 Å². The molecule has 1 aromatic rings. The molecule has 0 spiro atoms. The van der Waals surface area contributed by atoms with Crippen LogP contribution in [0.5, 0.6) is 0 Å². The Balaban J connectivity index is 1.80. The number of benzene rings is 1. The van der Waals surface area contributed by atoms with E-state index >= 15 is 0 Å². The van der Waals surface area contributed by atoms with E-state index < -0.39 is 10.0 Å². The van der Waals surface area contributed by atoms with E-state index in [2.05, 4.69) is 23.8 Å². The third-order valence-electron chi connectivity index (χ3n) is 4.87. The number of nitrogens with one attached hydrogen (secondary N) is 2. The maximum Gasteiger partial charge on any atom is 0.243 e. The molecule has 0 radical (unpaired) electrons. The molecular weight excluding hydrogens is 392 g/mol.